The third kappa shape index (κ3) is 4.16. The summed E-state index contributed by atoms with van der Waals surface area (Å²) in [5.74, 6) is 0.543. The molecule has 2 N–H and O–H groups in total. The Morgan fingerprint density at radius 2 is 2.00 bits per heavy atom. The van der Waals surface area contributed by atoms with Gasteiger partial charge in [0, 0.05) is 17.8 Å². The summed E-state index contributed by atoms with van der Waals surface area (Å²) in [7, 11) is 1.63. The van der Waals surface area contributed by atoms with Crippen molar-refractivity contribution in [1.82, 2.24) is 5.32 Å². The van der Waals surface area contributed by atoms with E-state index in [0.717, 1.165) is 11.3 Å². The van der Waals surface area contributed by atoms with E-state index in [1.54, 1.807) is 26.2 Å². The molecule has 0 aliphatic rings. The molecular formula is C16H17FN2OS. The van der Waals surface area contributed by atoms with Gasteiger partial charge in [0.15, 0.2) is 5.11 Å². The fraction of sp³-hybridized carbons (Fsp3) is 0.188. The first-order valence-electron chi connectivity index (χ1n) is 6.53. The smallest absolute Gasteiger partial charge is 0.171 e. The van der Waals surface area contributed by atoms with E-state index in [1.165, 1.54) is 6.07 Å². The summed E-state index contributed by atoms with van der Waals surface area (Å²) < 4.78 is 18.7. The Labute approximate surface area is 129 Å². The van der Waals surface area contributed by atoms with Crippen molar-refractivity contribution in [2.24, 2.45) is 0 Å². The summed E-state index contributed by atoms with van der Waals surface area (Å²) in [6, 6.07) is 12.6. The molecule has 3 nitrogen and oxygen atoms in total. The van der Waals surface area contributed by atoms with Crippen molar-refractivity contribution in [2.45, 2.75) is 13.5 Å². The van der Waals surface area contributed by atoms with Gasteiger partial charge in [-0.05, 0) is 42.9 Å². The van der Waals surface area contributed by atoms with Gasteiger partial charge in [-0.3, -0.25) is 0 Å². The molecule has 0 unspecified atom stereocenters. The molecule has 0 fully saturated rings. The molecule has 0 radical (unpaired) electrons. The van der Waals surface area contributed by atoms with Crippen molar-refractivity contribution < 1.29 is 9.13 Å². The molecule has 0 aromatic heterocycles. The summed E-state index contributed by atoms with van der Waals surface area (Å²) in [5, 5.41) is 6.47. The minimum atomic E-state index is -0.257. The van der Waals surface area contributed by atoms with E-state index < -0.39 is 0 Å². The summed E-state index contributed by atoms with van der Waals surface area (Å²) in [4.78, 5) is 0. The van der Waals surface area contributed by atoms with Crippen LogP contribution in [0.4, 0.5) is 10.1 Å². The highest BCUT2D eigenvalue weighted by Gasteiger charge is 2.04. The number of anilines is 1. The standard InChI is InChI=1S/C16H17FN2OS/c1-11-7-8-13(9-14(11)17)19-16(21)18-10-12-5-3-4-6-15(12)20-2/h3-9H,10H2,1-2H3,(H2,18,19,21). The summed E-state index contributed by atoms with van der Waals surface area (Å²) in [6.45, 7) is 2.25. The van der Waals surface area contributed by atoms with Crippen molar-refractivity contribution in [3.05, 3.63) is 59.4 Å². The van der Waals surface area contributed by atoms with Gasteiger partial charge in [0.2, 0.25) is 0 Å². The molecule has 0 aliphatic heterocycles. The van der Waals surface area contributed by atoms with Crippen molar-refractivity contribution in [1.29, 1.82) is 0 Å². The number of halogens is 1. The topological polar surface area (TPSA) is 33.3 Å². The zero-order valence-corrected chi connectivity index (χ0v) is 12.8. The second kappa shape index (κ2) is 7.04. The lowest BCUT2D eigenvalue weighted by Crippen LogP contribution is -2.28. The minimum absolute atomic E-state index is 0.257. The third-order valence-corrected chi connectivity index (χ3v) is 3.31. The van der Waals surface area contributed by atoms with E-state index >= 15 is 0 Å². The number of aryl methyl sites for hydroxylation is 1. The number of hydrogen-bond donors (Lipinski definition) is 2. The number of thiocarbonyl (C=S) groups is 1. The Balaban J connectivity index is 1.94. The molecule has 2 aromatic rings. The maximum Gasteiger partial charge on any atom is 0.171 e. The van der Waals surface area contributed by atoms with Gasteiger partial charge < -0.3 is 15.4 Å². The van der Waals surface area contributed by atoms with Gasteiger partial charge in [-0.25, -0.2) is 4.39 Å². The van der Waals surface area contributed by atoms with E-state index in [9.17, 15) is 4.39 Å². The van der Waals surface area contributed by atoms with E-state index in [1.807, 2.05) is 24.3 Å². The molecule has 0 saturated heterocycles. The van der Waals surface area contributed by atoms with Crippen LogP contribution in [0.1, 0.15) is 11.1 Å². The molecule has 0 bridgehead atoms. The van der Waals surface area contributed by atoms with Crippen LogP contribution < -0.4 is 15.4 Å². The van der Waals surface area contributed by atoms with Crippen LogP contribution in [0, 0.1) is 12.7 Å². The second-order valence-electron chi connectivity index (χ2n) is 4.58. The number of para-hydroxylation sites is 1. The van der Waals surface area contributed by atoms with Gasteiger partial charge in [0.1, 0.15) is 11.6 Å². The Kier molecular flexibility index (Phi) is 5.11. The normalized spacial score (nSPS) is 10.0. The summed E-state index contributed by atoms with van der Waals surface area (Å²) in [6.07, 6.45) is 0. The van der Waals surface area contributed by atoms with E-state index in [4.69, 9.17) is 17.0 Å². The second-order valence-corrected chi connectivity index (χ2v) is 4.99. The molecule has 0 atom stereocenters. The molecule has 21 heavy (non-hydrogen) atoms. The van der Waals surface area contributed by atoms with Crippen LogP contribution in [0.15, 0.2) is 42.5 Å². The number of hydrogen-bond acceptors (Lipinski definition) is 2. The molecule has 2 aromatic carbocycles. The lowest BCUT2D eigenvalue weighted by Gasteiger charge is -2.13. The van der Waals surface area contributed by atoms with Gasteiger partial charge in [0.05, 0.1) is 7.11 Å². The lowest BCUT2D eigenvalue weighted by atomic mass is 10.2. The predicted octanol–water partition coefficient (Wildman–Crippen LogP) is 3.63. The molecule has 0 saturated carbocycles. The fourth-order valence-electron chi connectivity index (χ4n) is 1.87. The number of nitrogens with one attached hydrogen (secondary N) is 2. The highest BCUT2D eigenvalue weighted by atomic mass is 32.1. The molecule has 2 rings (SSSR count). The Morgan fingerprint density at radius 3 is 2.71 bits per heavy atom. The largest absolute Gasteiger partial charge is 0.496 e. The molecule has 0 spiro atoms. The quantitative estimate of drug-likeness (QED) is 0.845. The average molecular weight is 304 g/mol. The number of ether oxygens (including phenoxy) is 1. The first-order chi connectivity index (χ1) is 10.1. The van der Waals surface area contributed by atoms with Crippen molar-refractivity contribution >= 4 is 23.0 Å². The van der Waals surface area contributed by atoms with E-state index in [2.05, 4.69) is 10.6 Å². The summed E-state index contributed by atoms with van der Waals surface area (Å²) in [5.41, 5.74) is 2.23. The molecule has 0 heterocycles. The first kappa shape index (κ1) is 15.3. The average Bonchev–Trinajstić information content (AvgIpc) is 2.49. The summed E-state index contributed by atoms with van der Waals surface area (Å²) >= 11 is 5.21. The molecule has 5 heteroatoms. The van der Waals surface area contributed by atoms with Crippen molar-refractivity contribution in [2.75, 3.05) is 12.4 Å². The highest BCUT2D eigenvalue weighted by Crippen LogP contribution is 2.17. The SMILES string of the molecule is COc1ccccc1CNC(=S)Nc1ccc(C)c(F)c1. The Hall–Kier alpha value is -2.14. The Bertz CT molecular complexity index is 646. The Morgan fingerprint density at radius 1 is 1.24 bits per heavy atom. The van der Waals surface area contributed by atoms with E-state index in [-0.39, 0.29) is 5.82 Å². The maximum atomic E-state index is 13.5. The first-order valence-corrected chi connectivity index (χ1v) is 6.94. The van der Waals surface area contributed by atoms with Crippen molar-refractivity contribution in [3.63, 3.8) is 0 Å². The maximum absolute atomic E-state index is 13.5. The fourth-order valence-corrected chi connectivity index (χ4v) is 2.06. The molecular weight excluding hydrogens is 287 g/mol. The van der Waals surface area contributed by atoms with Gasteiger partial charge in [-0.15, -0.1) is 0 Å². The van der Waals surface area contributed by atoms with Crippen LogP contribution in [0.3, 0.4) is 0 Å². The van der Waals surface area contributed by atoms with Crippen LogP contribution in [0.5, 0.6) is 5.75 Å². The van der Waals surface area contributed by atoms with Crippen molar-refractivity contribution in [3.8, 4) is 5.75 Å². The van der Waals surface area contributed by atoms with Crippen LogP contribution in [-0.2, 0) is 6.54 Å². The lowest BCUT2D eigenvalue weighted by molar-refractivity contribution is 0.409. The monoisotopic (exact) mass is 304 g/mol. The van der Waals surface area contributed by atoms with Gasteiger partial charge in [-0.2, -0.15) is 0 Å². The van der Waals surface area contributed by atoms with Crippen LogP contribution in [0.25, 0.3) is 0 Å². The minimum Gasteiger partial charge on any atom is -0.496 e. The predicted molar refractivity (Wildman–Crippen MR) is 87.2 cm³/mol. The third-order valence-electron chi connectivity index (χ3n) is 3.06. The molecule has 110 valence electrons. The van der Waals surface area contributed by atoms with Gasteiger partial charge in [-0.1, -0.05) is 24.3 Å². The van der Waals surface area contributed by atoms with Crippen LogP contribution >= 0.6 is 12.2 Å². The zero-order valence-electron chi connectivity index (χ0n) is 11.9. The highest BCUT2D eigenvalue weighted by molar-refractivity contribution is 7.80. The number of rotatable bonds is 4. The number of methoxy groups -OCH3 is 1. The van der Waals surface area contributed by atoms with Gasteiger partial charge >= 0.3 is 0 Å². The van der Waals surface area contributed by atoms with Crippen LogP contribution in [0.2, 0.25) is 0 Å². The number of benzene rings is 2. The van der Waals surface area contributed by atoms with Gasteiger partial charge in [0.25, 0.3) is 0 Å². The molecule has 0 amide bonds. The van der Waals surface area contributed by atoms with Crippen LogP contribution in [-0.4, -0.2) is 12.2 Å². The molecule has 0 aliphatic carbocycles. The van der Waals surface area contributed by atoms with E-state index in [0.29, 0.717) is 22.9 Å². The zero-order chi connectivity index (χ0) is 15.2.